The van der Waals surface area contributed by atoms with Gasteiger partial charge in [-0.1, -0.05) is 81.4 Å². The van der Waals surface area contributed by atoms with Crippen LogP contribution in [0.25, 0.3) is 0 Å². The summed E-state index contributed by atoms with van der Waals surface area (Å²) in [7, 11) is 0. The highest BCUT2D eigenvalue weighted by Crippen LogP contribution is 2.52. The number of rotatable bonds is 4. The highest BCUT2D eigenvalue weighted by molar-refractivity contribution is 5.78. The third kappa shape index (κ3) is 3.81. The van der Waals surface area contributed by atoms with Gasteiger partial charge in [-0.25, -0.2) is 0 Å². The van der Waals surface area contributed by atoms with Gasteiger partial charge in [-0.05, 0) is 41.2 Å². The summed E-state index contributed by atoms with van der Waals surface area (Å²) in [5.74, 6) is 0.445. The normalized spacial score (nSPS) is 26.4. The number of hydrogen-bond donors (Lipinski definition) is 0. The molecule has 2 unspecified atom stereocenters. The lowest BCUT2D eigenvalue weighted by Crippen LogP contribution is -2.38. The molecule has 1 saturated heterocycles. The summed E-state index contributed by atoms with van der Waals surface area (Å²) in [5, 5.41) is 0. The Morgan fingerprint density at radius 3 is 2.07 bits per heavy atom. The molecule has 2 aliphatic rings. The van der Waals surface area contributed by atoms with E-state index in [1.165, 1.54) is 24.0 Å². The zero-order valence-electron chi connectivity index (χ0n) is 16.8. The van der Waals surface area contributed by atoms with Gasteiger partial charge in [-0.2, -0.15) is 0 Å². The van der Waals surface area contributed by atoms with Crippen molar-refractivity contribution >= 4 is 5.91 Å². The Kier molecular flexibility index (Phi) is 4.61. The molecule has 1 saturated carbocycles. The van der Waals surface area contributed by atoms with Gasteiger partial charge in [-0.15, -0.1) is 0 Å². The standard InChI is InChI=1S/C25H31NO/c1-24(2)15-21-16-25(3,17-24)18-26(21)23(27)14-22(19-10-6-4-7-11-19)20-12-8-5-9-13-20/h4-13,21-22H,14-18H2,1-3H3. The van der Waals surface area contributed by atoms with Gasteiger partial charge >= 0.3 is 0 Å². The van der Waals surface area contributed by atoms with E-state index in [2.05, 4.69) is 74.2 Å². The van der Waals surface area contributed by atoms with Gasteiger partial charge in [-0.3, -0.25) is 4.79 Å². The van der Waals surface area contributed by atoms with E-state index in [4.69, 9.17) is 0 Å². The number of amides is 1. The molecule has 0 radical (unpaired) electrons. The molecule has 2 fully saturated rings. The molecule has 2 aromatic rings. The average molecular weight is 362 g/mol. The van der Waals surface area contributed by atoms with Crippen LogP contribution in [0, 0.1) is 10.8 Å². The summed E-state index contributed by atoms with van der Waals surface area (Å²) in [6, 6.07) is 21.4. The molecule has 2 heteroatoms. The van der Waals surface area contributed by atoms with Gasteiger partial charge in [0, 0.05) is 24.9 Å². The maximum absolute atomic E-state index is 13.4. The second-order valence-corrected chi connectivity index (χ2v) is 9.81. The van der Waals surface area contributed by atoms with E-state index in [0.717, 1.165) is 13.0 Å². The highest BCUT2D eigenvalue weighted by Gasteiger charge is 2.50. The minimum atomic E-state index is 0.126. The molecule has 1 aliphatic heterocycles. The molecule has 2 nitrogen and oxygen atoms in total. The lowest BCUT2D eigenvalue weighted by molar-refractivity contribution is -0.132. The summed E-state index contributed by atoms with van der Waals surface area (Å²) in [4.78, 5) is 15.6. The van der Waals surface area contributed by atoms with Crippen molar-refractivity contribution in [1.82, 2.24) is 4.90 Å². The molecule has 2 bridgehead atoms. The highest BCUT2D eigenvalue weighted by atomic mass is 16.2. The predicted molar refractivity (Wildman–Crippen MR) is 111 cm³/mol. The topological polar surface area (TPSA) is 20.3 Å². The molecule has 2 aromatic carbocycles. The number of likely N-dealkylation sites (tertiary alicyclic amines) is 1. The van der Waals surface area contributed by atoms with E-state index in [9.17, 15) is 4.79 Å². The summed E-state index contributed by atoms with van der Waals surface area (Å²) in [6.45, 7) is 8.03. The SMILES string of the molecule is CC1(C)CC2CC(C)(CN2C(=O)CC(c2ccccc2)c2ccccc2)C1. The lowest BCUT2D eigenvalue weighted by atomic mass is 9.65. The van der Waals surface area contributed by atoms with E-state index in [1.807, 2.05) is 12.1 Å². The molecular weight excluding hydrogens is 330 g/mol. The van der Waals surface area contributed by atoms with Crippen LogP contribution in [0.2, 0.25) is 0 Å². The van der Waals surface area contributed by atoms with E-state index in [-0.39, 0.29) is 11.3 Å². The van der Waals surface area contributed by atoms with E-state index < -0.39 is 0 Å². The third-order valence-electron chi connectivity index (χ3n) is 6.52. The van der Waals surface area contributed by atoms with Crippen LogP contribution in [0.4, 0.5) is 0 Å². The van der Waals surface area contributed by atoms with Gasteiger partial charge in [0.15, 0.2) is 0 Å². The van der Waals surface area contributed by atoms with Crippen LogP contribution in [0.3, 0.4) is 0 Å². The van der Waals surface area contributed by atoms with Crippen LogP contribution in [0.15, 0.2) is 60.7 Å². The summed E-state index contributed by atoms with van der Waals surface area (Å²) >= 11 is 0. The molecule has 2 atom stereocenters. The van der Waals surface area contributed by atoms with Crippen molar-refractivity contribution < 1.29 is 4.79 Å². The van der Waals surface area contributed by atoms with Crippen LogP contribution in [0.1, 0.15) is 63.5 Å². The first-order valence-electron chi connectivity index (χ1n) is 10.2. The Morgan fingerprint density at radius 1 is 0.963 bits per heavy atom. The van der Waals surface area contributed by atoms with E-state index in [1.54, 1.807) is 0 Å². The van der Waals surface area contributed by atoms with Crippen molar-refractivity contribution in [2.24, 2.45) is 10.8 Å². The Morgan fingerprint density at radius 2 is 1.52 bits per heavy atom. The second kappa shape index (κ2) is 6.82. The summed E-state index contributed by atoms with van der Waals surface area (Å²) < 4.78 is 0. The Bertz CT molecular complexity index is 758. The Labute approximate surface area is 163 Å². The lowest BCUT2D eigenvalue weighted by Gasteiger charge is -2.39. The zero-order valence-corrected chi connectivity index (χ0v) is 16.8. The first-order valence-corrected chi connectivity index (χ1v) is 10.2. The van der Waals surface area contributed by atoms with Crippen molar-refractivity contribution in [3.8, 4) is 0 Å². The summed E-state index contributed by atoms with van der Waals surface area (Å²) in [5.41, 5.74) is 3.08. The molecule has 0 aromatic heterocycles. The number of fused-ring (bicyclic) bond motifs is 2. The van der Waals surface area contributed by atoms with Crippen LogP contribution in [-0.4, -0.2) is 23.4 Å². The molecule has 0 N–H and O–H groups in total. The molecule has 4 rings (SSSR count). The van der Waals surface area contributed by atoms with Gasteiger partial charge in [0.1, 0.15) is 0 Å². The smallest absolute Gasteiger partial charge is 0.223 e. The average Bonchev–Trinajstić information content (AvgIpc) is 2.90. The molecule has 0 spiro atoms. The molecule has 1 heterocycles. The fourth-order valence-electron chi connectivity index (χ4n) is 5.84. The molecule has 27 heavy (non-hydrogen) atoms. The predicted octanol–water partition coefficient (Wildman–Crippen LogP) is 5.64. The second-order valence-electron chi connectivity index (χ2n) is 9.81. The van der Waals surface area contributed by atoms with Crippen molar-refractivity contribution in [2.75, 3.05) is 6.54 Å². The number of hydrogen-bond acceptors (Lipinski definition) is 1. The summed E-state index contributed by atoms with van der Waals surface area (Å²) in [6.07, 6.45) is 4.08. The fourth-order valence-corrected chi connectivity index (χ4v) is 5.84. The van der Waals surface area contributed by atoms with Gasteiger partial charge in [0.2, 0.25) is 5.91 Å². The molecule has 1 aliphatic carbocycles. The van der Waals surface area contributed by atoms with Crippen molar-refractivity contribution in [2.45, 2.75) is 58.4 Å². The quantitative estimate of drug-likeness (QED) is 0.690. The number of benzene rings is 2. The Hall–Kier alpha value is -2.09. The van der Waals surface area contributed by atoms with Crippen molar-refractivity contribution in [1.29, 1.82) is 0 Å². The zero-order chi connectivity index (χ0) is 19.1. The molecule has 142 valence electrons. The van der Waals surface area contributed by atoms with Gasteiger partial charge in [0.25, 0.3) is 0 Å². The number of nitrogens with zero attached hydrogens (tertiary/aromatic N) is 1. The van der Waals surface area contributed by atoms with Crippen molar-refractivity contribution in [3.05, 3.63) is 71.8 Å². The van der Waals surface area contributed by atoms with Crippen LogP contribution in [-0.2, 0) is 4.79 Å². The first-order chi connectivity index (χ1) is 12.9. The Balaban J connectivity index is 1.58. The molecular formula is C25H31NO. The van der Waals surface area contributed by atoms with Crippen LogP contribution in [0.5, 0.6) is 0 Å². The molecule has 1 amide bonds. The maximum Gasteiger partial charge on any atom is 0.223 e. The monoisotopic (exact) mass is 361 g/mol. The minimum absolute atomic E-state index is 0.126. The third-order valence-corrected chi connectivity index (χ3v) is 6.52. The maximum atomic E-state index is 13.4. The fraction of sp³-hybridized carbons (Fsp3) is 0.480. The minimum Gasteiger partial charge on any atom is -0.339 e. The largest absolute Gasteiger partial charge is 0.339 e. The van der Waals surface area contributed by atoms with Gasteiger partial charge in [0.05, 0.1) is 0 Å². The van der Waals surface area contributed by atoms with Crippen molar-refractivity contribution in [3.63, 3.8) is 0 Å². The van der Waals surface area contributed by atoms with Crippen LogP contribution < -0.4 is 0 Å². The number of carbonyl (C=O) groups excluding carboxylic acids is 1. The first kappa shape index (κ1) is 18.3. The van der Waals surface area contributed by atoms with E-state index in [0.29, 0.717) is 23.8 Å². The van der Waals surface area contributed by atoms with Gasteiger partial charge < -0.3 is 4.90 Å². The number of carbonyl (C=O) groups is 1. The van der Waals surface area contributed by atoms with E-state index >= 15 is 0 Å². The van der Waals surface area contributed by atoms with Crippen LogP contribution >= 0.6 is 0 Å².